The second-order valence-corrected chi connectivity index (χ2v) is 3.58. The van der Waals surface area contributed by atoms with Crippen LogP contribution in [0.5, 0.6) is 0 Å². The molecule has 1 rings (SSSR count). The number of hydrogen-bond acceptors (Lipinski definition) is 4. The lowest BCUT2D eigenvalue weighted by Crippen LogP contribution is -2.27. The van der Waals surface area contributed by atoms with Crippen LogP contribution < -0.4 is 4.90 Å². The molecule has 1 atom stereocenters. The van der Waals surface area contributed by atoms with Crippen molar-refractivity contribution in [1.82, 2.24) is 4.98 Å². The van der Waals surface area contributed by atoms with E-state index in [1.165, 1.54) is 0 Å². The normalized spacial score (nSPS) is 12.2. The van der Waals surface area contributed by atoms with Gasteiger partial charge in [-0.15, -0.1) is 6.58 Å². The Balaban J connectivity index is 2.90. The predicted octanol–water partition coefficient (Wildman–Crippen LogP) is 1.12. The molecule has 4 nitrogen and oxygen atoms in total. The van der Waals surface area contributed by atoms with Crippen LogP contribution in [0.25, 0.3) is 0 Å². The van der Waals surface area contributed by atoms with E-state index in [0.717, 1.165) is 11.4 Å². The number of rotatable bonds is 6. The average molecular weight is 222 g/mol. The van der Waals surface area contributed by atoms with E-state index >= 15 is 0 Å². The molecule has 0 unspecified atom stereocenters. The van der Waals surface area contributed by atoms with Gasteiger partial charge < -0.3 is 15.1 Å². The van der Waals surface area contributed by atoms with Crippen molar-refractivity contribution in [2.45, 2.75) is 13.0 Å². The van der Waals surface area contributed by atoms with Crippen LogP contribution in [0.2, 0.25) is 0 Å². The first-order chi connectivity index (χ1) is 7.69. The first-order valence-electron chi connectivity index (χ1n) is 5.29. The molecule has 0 aliphatic heterocycles. The summed E-state index contributed by atoms with van der Waals surface area (Å²) in [6.07, 6.45) is 2.90. The molecule has 0 saturated heterocycles. The topological polar surface area (TPSA) is 56.6 Å². The van der Waals surface area contributed by atoms with Gasteiger partial charge in [-0.2, -0.15) is 0 Å². The minimum absolute atomic E-state index is 0.0639. The van der Waals surface area contributed by atoms with Gasteiger partial charge in [0.05, 0.1) is 12.7 Å². The van der Waals surface area contributed by atoms with E-state index in [4.69, 9.17) is 5.11 Å². The van der Waals surface area contributed by atoms with Crippen LogP contribution in [0, 0.1) is 0 Å². The highest BCUT2D eigenvalue weighted by Crippen LogP contribution is 2.17. The van der Waals surface area contributed by atoms with Crippen LogP contribution >= 0.6 is 0 Å². The summed E-state index contributed by atoms with van der Waals surface area (Å²) >= 11 is 0. The number of pyridine rings is 1. The largest absolute Gasteiger partial charge is 0.395 e. The highest BCUT2D eigenvalue weighted by atomic mass is 16.3. The van der Waals surface area contributed by atoms with Crippen LogP contribution in [-0.2, 0) is 0 Å². The van der Waals surface area contributed by atoms with Crippen LogP contribution in [0.3, 0.4) is 0 Å². The third-order valence-corrected chi connectivity index (χ3v) is 2.30. The summed E-state index contributed by atoms with van der Waals surface area (Å²) in [6, 6.07) is 3.60. The van der Waals surface area contributed by atoms with Crippen molar-refractivity contribution >= 4 is 5.82 Å². The molecule has 16 heavy (non-hydrogen) atoms. The predicted molar refractivity (Wildman–Crippen MR) is 64.4 cm³/mol. The summed E-state index contributed by atoms with van der Waals surface area (Å²) in [4.78, 5) is 6.12. The highest BCUT2D eigenvalue weighted by Gasteiger charge is 2.08. The van der Waals surface area contributed by atoms with Crippen molar-refractivity contribution in [2.75, 3.05) is 24.6 Å². The molecule has 88 valence electrons. The van der Waals surface area contributed by atoms with Crippen LogP contribution in [0.15, 0.2) is 31.0 Å². The van der Waals surface area contributed by atoms with Gasteiger partial charge in [-0.3, -0.25) is 0 Å². The summed E-state index contributed by atoms with van der Waals surface area (Å²) < 4.78 is 0. The number of hydrogen-bond donors (Lipinski definition) is 2. The Kier molecular flexibility index (Phi) is 4.95. The summed E-state index contributed by atoms with van der Waals surface area (Å²) in [5.41, 5.74) is 0.817. The quantitative estimate of drug-likeness (QED) is 0.708. The number of aliphatic hydroxyl groups is 2. The zero-order valence-electron chi connectivity index (χ0n) is 9.50. The highest BCUT2D eigenvalue weighted by molar-refractivity contribution is 5.42. The lowest BCUT2D eigenvalue weighted by Gasteiger charge is -2.21. The maximum atomic E-state index is 9.47. The van der Waals surface area contributed by atoms with Crippen LogP contribution in [0.1, 0.15) is 18.6 Å². The minimum Gasteiger partial charge on any atom is -0.395 e. The molecule has 1 heterocycles. The lowest BCUT2D eigenvalue weighted by atomic mass is 10.1. The van der Waals surface area contributed by atoms with Crippen LogP contribution in [0.4, 0.5) is 5.82 Å². The summed E-state index contributed by atoms with van der Waals surface area (Å²) in [5, 5.41) is 18.4. The van der Waals surface area contributed by atoms with Crippen molar-refractivity contribution in [2.24, 2.45) is 0 Å². The molecule has 0 aromatic carbocycles. The smallest absolute Gasteiger partial charge is 0.129 e. The second-order valence-electron chi connectivity index (χ2n) is 3.58. The molecule has 4 heteroatoms. The van der Waals surface area contributed by atoms with Gasteiger partial charge in [0, 0.05) is 19.3 Å². The van der Waals surface area contributed by atoms with Gasteiger partial charge in [-0.25, -0.2) is 4.98 Å². The van der Waals surface area contributed by atoms with E-state index in [2.05, 4.69) is 11.6 Å². The fourth-order valence-corrected chi connectivity index (χ4v) is 1.44. The molecule has 0 aliphatic rings. The maximum Gasteiger partial charge on any atom is 0.129 e. The molecule has 1 aromatic rings. The van der Waals surface area contributed by atoms with E-state index in [0.29, 0.717) is 13.1 Å². The van der Waals surface area contributed by atoms with E-state index in [9.17, 15) is 5.11 Å². The number of nitrogens with zero attached hydrogens (tertiary/aromatic N) is 2. The van der Waals surface area contributed by atoms with Gasteiger partial charge in [0.25, 0.3) is 0 Å². The van der Waals surface area contributed by atoms with Crippen molar-refractivity contribution in [3.8, 4) is 0 Å². The SMILES string of the molecule is C=CCN(CCO)c1cc([C@H](C)O)ccn1. The molecule has 0 bridgehead atoms. The molecule has 0 radical (unpaired) electrons. The Morgan fingerprint density at radius 2 is 2.38 bits per heavy atom. The van der Waals surface area contributed by atoms with Crippen molar-refractivity contribution in [3.63, 3.8) is 0 Å². The molecule has 0 amide bonds. The van der Waals surface area contributed by atoms with E-state index in [1.54, 1.807) is 25.3 Å². The summed E-state index contributed by atoms with van der Waals surface area (Å²) in [5.74, 6) is 0.743. The lowest BCUT2D eigenvalue weighted by molar-refractivity contribution is 0.199. The number of aliphatic hydroxyl groups excluding tert-OH is 2. The van der Waals surface area contributed by atoms with E-state index in [1.807, 2.05) is 11.0 Å². The van der Waals surface area contributed by atoms with Gasteiger partial charge in [0.2, 0.25) is 0 Å². The third kappa shape index (κ3) is 3.32. The second kappa shape index (κ2) is 6.25. The molecular weight excluding hydrogens is 204 g/mol. The third-order valence-electron chi connectivity index (χ3n) is 2.30. The Morgan fingerprint density at radius 1 is 1.62 bits per heavy atom. The molecule has 2 N–H and O–H groups in total. The van der Waals surface area contributed by atoms with E-state index < -0.39 is 6.10 Å². The molecule has 1 aromatic heterocycles. The van der Waals surface area contributed by atoms with Crippen LogP contribution in [-0.4, -0.2) is 34.9 Å². The minimum atomic E-state index is -0.513. The maximum absolute atomic E-state index is 9.47. The average Bonchev–Trinajstić information content (AvgIpc) is 2.29. The molecule has 0 saturated carbocycles. The first-order valence-corrected chi connectivity index (χ1v) is 5.29. The first kappa shape index (κ1) is 12.7. The standard InChI is InChI=1S/C12H18N2O2/c1-3-6-14(7-8-15)12-9-11(10(2)16)4-5-13-12/h3-5,9-10,15-16H,1,6-8H2,2H3/t10-/m0/s1. The van der Waals surface area contributed by atoms with Crippen molar-refractivity contribution < 1.29 is 10.2 Å². The van der Waals surface area contributed by atoms with Crippen molar-refractivity contribution in [3.05, 3.63) is 36.5 Å². The van der Waals surface area contributed by atoms with Gasteiger partial charge >= 0.3 is 0 Å². The molecular formula is C12H18N2O2. The fourth-order valence-electron chi connectivity index (χ4n) is 1.44. The fraction of sp³-hybridized carbons (Fsp3) is 0.417. The zero-order chi connectivity index (χ0) is 12.0. The zero-order valence-corrected chi connectivity index (χ0v) is 9.50. The number of aromatic nitrogens is 1. The summed E-state index contributed by atoms with van der Waals surface area (Å²) in [7, 11) is 0. The Hall–Kier alpha value is -1.39. The van der Waals surface area contributed by atoms with Gasteiger partial charge in [-0.05, 0) is 24.6 Å². The Morgan fingerprint density at radius 3 is 2.94 bits per heavy atom. The Labute approximate surface area is 95.9 Å². The number of anilines is 1. The van der Waals surface area contributed by atoms with Crippen molar-refractivity contribution in [1.29, 1.82) is 0 Å². The Bertz CT molecular complexity index is 340. The summed E-state index contributed by atoms with van der Waals surface area (Å²) in [6.45, 7) is 6.56. The van der Waals surface area contributed by atoms with Gasteiger partial charge in [0.1, 0.15) is 5.82 Å². The molecule has 0 fully saturated rings. The molecule has 0 aliphatic carbocycles. The van der Waals surface area contributed by atoms with E-state index in [-0.39, 0.29) is 6.61 Å². The monoisotopic (exact) mass is 222 g/mol. The van der Waals surface area contributed by atoms with Gasteiger partial charge in [-0.1, -0.05) is 6.08 Å². The van der Waals surface area contributed by atoms with Gasteiger partial charge in [0.15, 0.2) is 0 Å². The molecule has 0 spiro atoms.